The molecule has 0 saturated heterocycles. The molecule has 0 amide bonds. The number of para-hydroxylation sites is 1. The average molecular weight is 248 g/mol. The fourth-order valence-electron chi connectivity index (χ4n) is 2.07. The van der Waals surface area contributed by atoms with E-state index in [-0.39, 0.29) is 24.6 Å². The van der Waals surface area contributed by atoms with Crippen molar-refractivity contribution in [2.75, 3.05) is 13.7 Å². The molecule has 2 rings (SSSR count). The highest BCUT2D eigenvalue weighted by Gasteiger charge is 2.17. The van der Waals surface area contributed by atoms with Gasteiger partial charge in [-0.25, -0.2) is 0 Å². The molecule has 1 aliphatic heterocycles. The number of hydrogen-bond donors (Lipinski definition) is 0. The maximum absolute atomic E-state index is 11.8. The fraction of sp³-hybridized carbons (Fsp3) is 0.429. The first kappa shape index (κ1) is 12.6. The van der Waals surface area contributed by atoms with E-state index < -0.39 is 0 Å². The lowest BCUT2D eigenvalue weighted by Gasteiger charge is -2.07. The summed E-state index contributed by atoms with van der Waals surface area (Å²) in [5, 5.41) is 0. The van der Waals surface area contributed by atoms with Crippen molar-refractivity contribution in [1.29, 1.82) is 0 Å². The van der Waals surface area contributed by atoms with Gasteiger partial charge in [-0.2, -0.15) is 0 Å². The van der Waals surface area contributed by atoms with Gasteiger partial charge in [0.05, 0.1) is 20.1 Å². The molecule has 1 aromatic rings. The fourth-order valence-corrected chi connectivity index (χ4v) is 2.07. The highest BCUT2D eigenvalue weighted by atomic mass is 16.5. The maximum Gasteiger partial charge on any atom is 0.305 e. The molecule has 0 atom stereocenters. The second-order valence-electron chi connectivity index (χ2n) is 4.30. The Morgan fingerprint density at radius 2 is 2.17 bits per heavy atom. The number of fused-ring (bicyclic) bond motifs is 1. The van der Waals surface area contributed by atoms with Crippen molar-refractivity contribution in [3.05, 3.63) is 29.3 Å². The Balaban J connectivity index is 1.95. The van der Waals surface area contributed by atoms with Gasteiger partial charge in [-0.15, -0.1) is 0 Å². The van der Waals surface area contributed by atoms with Gasteiger partial charge in [-0.05, 0) is 5.56 Å². The Labute approximate surface area is 106 Å². The molecule has 0 bridgehead atoms. The first-order chi connectivity index (χ1) is 8.70. The molecule has 96 valence electrons. The second-order valence-corrected chi connectivity index (χ2v) is 4.30. The third-order valence-corrected chi connectivity index (χ3v) is 3.02. The van der Waals surface area contributed by atoms with E-state index in [4.69, 9.17) is 4.74 Å². The summed E-state index contributed by atoms with van der Waals surface area (Å²) in [5.74, 6) is 0.533. The molecule has 4 heteroatoms. The zero-order chi connectivity index (χ0) is 13.0. The van der Waals surface area contributed by atoms with Crippen molar-refractivity contribution >= 4 is 11.8 Å². The molecule has 0 fully saturated rings. The number of carbonyl (C=O) groups is 2. The van der Waals surface area contributed by atoms with Crippen LogP contribution in [0.5, 0.6) is 5.75 Å². The molecule has 0 aliphatic carbocycles. The molecular formula is C14H16O4. The summed E-state index contributed by atoms with van der Waals surface area (Å²) >= 11 is 0. The lowest BCUT2D eigenvalue weighted by Crippen LogP contribution is -2.08. The minimum Gasteiger partial charge on any atom is -0.493 e. The molecule has 0 radical (unpaired) electrons. The first-order valence-electron chi connectivity index (χ1n) is 6.03. The Morgan fingerprint density at radius 3 is 2.94 bits per heavy atom. The minimum absolute atomic E-state index is 0.0318. The molecule has 0 unspecified atom stereocenters. The second kappa shape index (κ2) is 5.67. The molecule has 0 saturated carbocycles. The van der Waals surface area contributed by atoms with E-state index in [0.717, 1.165) is 23.3 Å². The molecule has 1 aromatic carbocycles. The molecule has 18 heavy (non-hydrogen) atoms. The third kappa shape index (κ3) is 2.88. The monoisotopic (exact) mass is 248 g/mol. The van der Waals surface area contributed by atoms with Gasteiger partial charge >= 0.3 is 5.97 Å². The number of Topliss-reactive ketones (excluding diaryl/α,β-unsaturated/α-hetero) is 1. The average Bonchev–Trinajstić information content (AvgIpc) is 2.85. The van der Waals surface area contributed by atoms with Gasteiger partial charge in [-0.1, -0.05) is 18.2 Å². The van der Waals surface area contributed by atoms with E-state index in [0.29, 0.717) is 13.0 Å². The summed E-state index contributed by atoms with van der Waals surface area (Å²) < 4.78 is 10.0. The SMILES string of the molecule is COC(=O)CCC(=O)Cc1cccc2c1OCC2. The zero-order valence-electron chi connectivity index (χ0n) is 10.4. The molecule has 0 aromatic heterocycles. The smallest absolute Gasteiger partial charge is 0.305 e. The summed E-state index contributed by atoms with van der Waals surface area (Å²) in [4.78, 5) is 22.7. The highest BCUT2D eigenvalue weighted by molar-refractivity contribution is 5.85. The molecule has 0 N–H and O–H groups in total. The summed E-state index contributed by atoms with van der Waals surface area (Å²) in [7, 11) is 1.32. The predicted molar refractivity (Wildman–Crippen MR) is 65.6 cm³/mol. The minimum atomic E-state index is -0.349. The Hall–Kier alpha value is -1.84. The maximum atomic E-state index is 11.8. The Bertz CT molecular complexity index is 465. The van der Waals surface area contributed by atoms with E-state index in [2.05, 4.69) is 4.74 Å². The standard InChI is InChI=1S/C14H16O4/c1-17-13(16)6-5-12(15)9-11-4-2-3-10-7-8-18-14(10)11/h2-4H,5-9H2,1H3. The molecular weight excluding hydrogens is 232 g/mol. The molecule has 1 heterocycles. The number of ketones is 1. The van der Waals surface area contributed by atoms with E-state index in [1.165, 1.54) is 7.11 Å². The van der Waals surface area contributed by atoms with Crippen LogP contribution in [0.1, 0.15) is 24.0 Å². The molecule has 1 aliphatic rings. The number of esters is 1. The van der Waals surface area contributed by atoms with Gasteiger partial charge in [0, 0.05) is 24.8 Å². The van der Waals surface area contributed by atoms with Gasteiger partial charge in [0.2, 0.25) is 0 Å². The van der Waals surface area contributed by atoms with Gasteiger partial charge in [0.15, 0.2) is 0 Å². The van der Waals surface area contributed by atoms with Crippen LogP contribution in [-0.4, -0.2) is 25.5 Å². The topological polar surface area (TPSA) is 52.6 Å². The Morgan fingerprint density at radius 1 is 1.33 bits per heavy atom. The Kier molecular flexibility index (Phi) is 3.97. The van der Waals surface area contributed by atoms with Crippen molar-refractivity contribution in [1.82, 2.24) is 0 Å². The van der Waals surface area contributed by atoms with Gasteiger partial charge < -0.3 is 9.47 Å². The first-order valence-corrected chi connectivity index (χ1v) is 6.03. The van der Waals surface area contributed by atoms with Crippen LogP contribution in [0, 0.1) is 0 Å². The number of ether oxygens (including phenoxy) is 2. The summed E-state index contributed by atoms with van der Waals surface area (Å²) in [6.45, 7) is 0.683. The van der Waals surface area contributed by atoms with E-state index in [9.17, 15) is 9.59 Å². The van der Waals surface area contributed by atoms with Gasteiger partial charge in [0.25, 0.3) is 0 Å². The van der Waals surface area contributed by atoms with Crippen LogP contribution >= 0.6 is 0 Å². The quantitative estimate of drug-likeness (QED) is 0.744. The van der Waals surface area contributed by atoms with E-state index >= 15 is 0 Å². The van der Waals surface area contributed by atoms with Crippen LogP contribution in [0.3, 0.4) is 0 Å². The van der Waals surface area contributed by atoms with Crippen molar-refractivity contribution in [3.8, 4) is 5.75 Å². The van der Waals surface area contributed by atoms with Crippen LogP contribution in [0.15, 0.2) is 18.2 Å². The van der Waals surface area contributed by atoms with Crippen LogP contribution < -0.4 is 4.74 Å². The van der Waals surface area contributed by atoms with Crippen molar-refractivity contribution in [3.63, 3.8) is 0 Å². The highest BCUT2D eigenvalue weighted by Crippen LogP contribution is 2.29. The number of methoxy groups -OCH3 is 1. The van der Waals surface area contributed by atoms with E-state index in [1.807, 2.05) is 18.2 Å². The van der Waals surface area contributed by atoms with Crippen molar-refractivity contribution in [2.24, 2.45) is 0 Å². The third-order valence-electron chi connectivity index (χ3n) is 3.02. The van der Waals surface area contributed by atoms with Crippen LogP contribution in [0.4, 0.5) is 0 Å². The normalized spacial score (nSPS) is 12.7. The lowest BCUT2D eigenvalue weighted by atomic mass is 10.0. The largest absolute Gasteiger partial charge is 0.493 e. The number of hydrogen-bond acceptors (Lipinski definition) is 4. The van der Waals surface area contributed by atoms with Gasteiger partial charge in [-0.3, -0.25) is 9.59 Å². The van der Waals surface area contributed by atoms with E-state index in [1.54, 1.807) is 0 Å². The molecule has 4 nitrogen and oxygen atoms in total. The predicted octanol–water partition coefficient (Wildman–Crippen LogP) is 1.69. The van der Waals surface area contributed by atoms with Crippen LogP contribution in [0.25, 0.3) is 0 Å². The lowest BCUT2D eigenvalue weighted by molar-refractivity contribution is -0.141. The summed E-state index contributed by atoms with van der Waals surface area (Å²) in [6.07, 6.45) is 1.58. The van der Waals surface area contributed by atoms with Crippen molar-refractivity contribution in [2.45, 2.75) is 25.7 Å². The number of carbonyl (C=O) groups excluding carboxylic acids is 2. The van der Waals surface area contributed by atoms with Gasteiger partial charge in [0.1, 0.15) is 11.5 Å². The summed E-state index contributed by atoms with van der Waals surface area (Å²) in [5.41, 5.74) is 2.08. The summed E-state index contributed by atoms with van der Waals surface area (Å²) in [6, 6.07) is 5.86. The van der Waals surface area contributed by atoms with Crippen LogP contribution in [-0.2, 0) is 27.2 Å². The number of benzene rings is 1. The molecule has 0 spiro atoms. The van der Waals surface area contributed by atoms with Crippen LogP contribution in [0.2, 0.25) is 0 Å². The number of rotatable bonds is 5. The zero-order valence-corrected chi connectivity index (χ0v) is 10.4. The van der Waals surface area contributed by atoms with Crippen molar-refractivity contribution < 1.29 is 19.1 Å².